The average Bonchev–Trinajstić information content (AvgIpc) is 3.39. The van der Waals surface area contributed by atoms with Crippen molar-refractivity contribution in [2.75, 3.05) is 9.80 Å². The molecule has 0 fully saturated rings. The fraction of sp³-hybridized carbons (Fsp3) is 0.0667. The highest BCUT2D eigenvalue weighted by atomic mass is 15.1. The topological polar surface area (TPSA) is 54.1 Å². The summed E-state index contributed by atoms with van der Waals surface area (Å²) >= 11 is 0. The maximum absolute atomic E-state index is 9.41. The van der Waals surface area contributed by atoms with E-state index in [0.29, 0.717) is 11.1 Å². The third-order valence-electron chi connectivity index (χ3n) is 9.65. The third kappa shape index (κ3) is 5.08. The molecule has 0 N–H and O–H groups in total. The van der Waals surface area contributed by atoms with Crippen molar-refractivity contribution >= 4 is 44.9 Å². The summed E-state index contributed by atoms with van der Waals surface area (Å²) in [6.45, 7) is 4.66. The molecular weight excluding hydrogens is 597 g/mol. The predicted octanol–water partition coefficient (Wildman–Crippen LogP) is 11.8. The number of hydrogen-bond donors (Lipinski definition) is 0. The van der Waals surface area contributed by atoms with Crippen LogP contribution in [0.3, 0.4) is 0 Å². The number of nitrogens with zero attached hydrogens (tertiary/aromatic N) is 4. The van der Waals surface area contributed by atoms with Gasteiger partial charge in [0.25, 0.3) is 0 Å². The molecule has 0 aliphatic heterocycles. The summed E-state index contributed by atoms with van der Waals surface area (Å²) in [6, 6.07) is 58.8. The Hall–Kier alpha value is -6.62. The Morgan fingerprint density at radius 1 is 0.449 bits per heavy atom. The predicted molar refractivity (Wildman–Crippen MR) is 200 cm³/mol. The molecule has 0 amide bonds. The van der Waals surface area contributed by atoms with Gasteiger partial charge in [0.15, 0.2) is 0 Å². The van der Waals surface area contributed by atoms with Crippen molar-refractivity contribution in [3.63, 3.8) is 0 Å². The Balaban J connectivity index is 1.23. The molecule has 0 spiro atoms. The number of para-hydroxylation sites is 2. The zero-order chi connectivity index (χ0) is 33.5. The molecule has 0 saturated heterocycles. The van der Waals surface area contributed by atoms with E-state index in [1.807, 2.05) is 72.8 Å². The van der Waals surface area contributed by atoms with Crippen LogP contribution >= 0.6 is 0 Å². The SMILES string of the molecule is CC1(C)c2cc(N(c3ccccc3)c3ccc(C#N)cc3)ccc2-c2ccc3cc(N(c4ccccc4)c4ccc(C#N)cc4)ccc3c21. The van der Waals surface area contributed by atoms with Crippen molar-refractivity contribution in [2.24, 2.45) is 0 Å². The molecule has 8 rings (SSSR count). The van der Waals surface area contributed by atoms with Crippen LogP contribution in [0.5, 0.6) is 0 Å². The summed E-state index contributed by atoms with van der Waals surface area (Å²) in [6.07, 6.45) is 0. The Kier molecular flexibility index (Phi) is 7.21. The first-order valence-corrected chi connectivity index (χ1v) is 16.4. The number of anilines is 6. The first kappa shape index (κ1) is 29.8. The second kappa shape index (κ2) is 11.9. The highest BCUT2D eigenvalue weighted by molar-refractivity contribution is 6.00. The minimum atomic E-state index is -0.249. The minimum Gasteiger partial charge on any atom is -0.310 e. The molecule has 1 aliphatic carbocycles. The molecule has 232 valence electrons. The van der Waals surface area contributed by atoms with Gasteiger partial charge in [0.05, 0.1) is 23.3 Å². The van der Waals surface area contributed by atoms with Crippen LogP contribution in [-0.2, 0) is 5.41 Å². The zero-order valence-electron chi connectivity index (χ0n) is 27.3. The van der Waals surface area contributed by atoms with Crippen LogP contribution in [-0.4, -0.2) is 0 Å². The fourth-order valence-corrected chi connectivity index (χ4v) is 7.33. The molecule has 0 radical (unpaired) electrons. The Bertz CT molecular complexity index is 2420. The maximum atomic E-state index is 9.41. The van der Waals surface area contributed by atoms with E-state index in [9.17, 15) is 10.5 Å². The highest BCUT2D eigenvalue weighted by Crippen LogP contribution is 2.53. The van der Waals surface area contributed by atoms with E-state index in [-0.39, 0.29) is 5.41 Å². The van der Waals surface area contributed by atoms with E-state index in [2.05, 4.69) is 121 Å². The molecule has 7 aromatic carbocycles. The van der Waals surface area contributed by atoms with Crippen LogP contribution in [0, 0.1) is 22.7 Å². The molecule has 0 heterocycles. The largest absolute Gasteiger partial charge is 0.310 e. The Morgan fingerprint density at radius 2 is 0.898 bits per heavy atom. The molecular formula is C45H32N4. The van der Waals surface area contributed by atoms with E-state index in [4.69, 9.17) is 0 Å². The summed E-state index contributed by atoms with van der Waals surface area (Å²) < 4.78 is 0. The first-order chi connectivity index (χ1) is 24.0. The van der Waals surface area contributed by atoms with Gasteiger partial charge >= 0.3 is 0 Å². The molecule has 1 aliphatic rings. The molecule has 49 heavy (non-hydrogen) atoms. The van der Waals surface area contributed by atoms with Gasteiger partial charge in [0.2, 0.25) is 0 Å². The molecule has 0 unspecified atom stereocenters. The number of rotatable bonds is 6. The van der Waals surface area contributed by atoms with Crippen LogP contribution in [0.1, 0.15) is 36.1 Å². The van der Waals surface area contributed by atoms with Gasteiger partial charge in [0.1, 0.15) is 0 Å². The second-order valence-electron chi connectivity index (χ2n) is 12.9. The van der Waals surface area contributed by atoms with Crippen molar-refractivity contribution < 1.29 is 0 Å². The van der Waals surface area contributed by atoms with Crippen LogP contribution < -0.4 is 9.80 Å². The van der Waals surface area contributed by atoms with Crippen LogP contribution in [0.2, 0.25) is 0 Å². The standard InChI is InChI=1S/C45H32N4/c1-45(2)43-28-39(49(35-11-7-4-8-12-35)37-20-15-32(30-47)16-21-37)23-26-41(43)42-24-17-33-27-38(22-25-40(33)44(42)45)48(34-9-5-3-6-10-34)36-18-13-31(29-46)14-19-36/h3-28H,1-2H3. The van der Waals surface area contributed by atoms with Gasteiger partial charge in [-0.15, -0.1) is 0 Å². The zero-order valence-corrected chi connectivity index (χ0v) is 27.3. The molecule has 4 nitrogen and oxygen atoms in total. The Morgan fingerprint density at radius 3 is 1.43 bits per heavy atom. The lowest BCUT2D eigenvalue weighted by Gasteiger charge is -2.28. The van der Waals surface area contributed by atoms with Crippen molar-refractivity contribution in [1.82, 2.24) is 0 Å². The number of nitriles is 2. The summed E-state index contributed by atoms with van der Waals surface area (Å²) in [5, 5.41) is 21.2. The Labute approximate surface area is 287 Å². The molecule has 0 bridgehead atoms. The molecule has 0 atom stereocenters. The van der Waals surface area contributed by atoms with Gasteiger partial charge in [-0.2, -0.15) is 10.5 Å². The lowest BCUT2D eigenvalue weighted by molar-refractivity contribution is 0.666. The van der Waals surface area contributed by atoms with Crippen molar-refractivity contribution in [3.8, 4) is 23.3 Å². The highest BCUT2D eigenvalue weighted by Gasteiger charge is 2.37. The third-order valence-corrected chi connectivity index (χ3v) is 9.65. The van der Waals surface area contributed by atoms with Crippen LogP contribution in [0.15, 0.2) is 158 Å². The summed E-state index contributed by atoms with van der Waals surface area (Å²) in [7, 11) is 0. The molecule has 7 aromatic rings. The smallest absolute Gasteiger partial charge is 0.0991 e. The minimum absolute atomic E-state index is 0.249. The quantitative estimate of drug-likeness (QED) is 0.184. The second-order valence-corrected chi connectivity index (χ2v) is 12.9. The van der Waals surface area contributed by atoms with E-state index in [0.717, 1.165) is 34.1 Å². The monoisotopic (exact) mass is 628 g/mol. The van der Waals surface area contributed by atoms with Gasteiger partial charge in [-0.1, -0.05) is 74.5 Å². The summed E-state index contributed by atoms with van der Waals surface area (Å²) in [5.74, 6) is 0. The molecule has 0 saturated carbocycles. The first-order valence-electron chi connectivity index (χ1n) is 16.4. The summed E-state index contributed by atoms with van der Waals surface area (Å²) in [4.78, 5) is 4.49. The lowest BCUT2D eigenvalue weighted by atomic mass is 9.80. The van der Waals surface area contributed by atoms with Crippen molar-refractivity contribution in [1.29, 1.82) is 10.5 Å². The molecule has 0 aromatic heterocycles. The van der Waals surface area contributed by atoms with E-state index < -0.39 is 0 Å². The average molecular weight is 629 g/mol. The van der Waals surface area contributed by atoms with E-state index in [1.165, 1.54) is 33.0 Å². The van der Waals surface area contributed by atoms with Gasteiger partial charge in [-0.3, -0.25) is 0 Å². The normalized spacial score (nSPS) is 12.4. The van der Waals surface area contributed by atoms with Crippen molar-refractivity contribution in [2.45, 2.75) is 19.3 Å². The number of benzene rings is 7. The van der Waals surface area contributed by atoms with E-state index >= 15 is 0 Å². The van der Waals surface area contributed by atoms with Gasteiger partial charge in [0, 0.05) is 39.5 Å². The molecule has 4 heteroatoms. The van der Waals surface area contributed by atoms with E-state index in [1.54, 1.807) is 0 Å². The van der Waals surface area contributed by atoms with Gasteiger partial charge in [-0.25, -0.2) is 0 Å². The fourth-order valence-electron chi connectivity index (χ4n) is 7.33. The number of hydrogen-bond acceptors (Lipinski definition) is 4. The summed E-state index contributed by atoms with van der Waals surface area (Å²) in [5.41, 5.74) is 12.4. The maximum Gasteiger partial charge on any atom is 0.0991 e. The van der Waals surface area contributed by atoms with Gasteiger partial charge in [-0.05, 0) is 130 Å². The van der Waals surface area contributed by atoms with Crippen molar-refractivity contribution in [3.05, 3.63) is 180 Å². The number of fused-ring (bicyclic) bond motifs is 5. The van der Waals surface area contributed by atoms with Crippen LogP contribution in [0.4, 0.5) is 34.1 Å². The lowest BCUT2D eigenvalue weighted by Crippen LogP contribution is -2.17. The van der Waals surface area contributed by atoms with Crippen LogP contribution in [0.25, 0.3) is 21.9 Å². The van der Waals surface area contributed by atoms with Gasteiger partial charge < -0.3 is 9.80 Å².